The molecule has 0 aliphatic rings. The Morgan fingerprint density at radius 3 is 2.16 bits per heavy atom. The quantitative estimate of drug-likeness (QED) is 0.811. The van der Waals surface area contributed by atoms with Gasteiger partial charge in [-0.15, -0.1) is 0 Å². The lowest BCUT2D eigenvalue weighted by molar-refractivity contribution is -0.139. The number of methoxy groups -OCH3 is 2. The highest BCUT2D eigenvalue weighted by Crippen LogP contribution is 2.28. The molecule has 0 radical (unpaired) electrons. The molecule has 6 nitrogen and oxygen atoms in total. The lowest BCUT2D eigenvalue weighted by Crippen LogP contribution is -2.40. The maximum Gasteiger partial charge on any atom is 0.326 e. The Balaban J connectivity index is 3.07. The van der Waals surface area contributed by atoms with Crippen LogP contribution in [0.15, 0.2) is 18.2 Å². The van der Waals surface area contributed by atoms with E-state index in [1.54, 1.807) is 25.1 Å². The SMILES string of the molecule is CC[C@@H](NC(=O)c1c(OC)cccc1OC)C(=O)O. The largest absolute Gasteiger partial charge is 0.496 e. The van der Waals surface area contributed by atoms with Crippen LogP contribution in [0.1, 0.15) is 23.7 Å². The van der Waals surface area contributed by atoms with E-state index in [2.05, 4.69) is 5.32 Å². The standard InChI is InChI=1S/C13H17NO5/c1-4-8(13(16)17)14-12(15)11-9(18-2)6-5-7-10(11)19-3/h5-8H,4H2,1-3H3,(H,14,15)(H,16,17)/t8-/m1/s1. The molecule has 0 bridgehead atoms. The van der Waals surface area contributed by atoms with Crippen molar-refractivity contribution in [3.8, 4) is 11.5 Å². The van der Waals surface area contributed by atoms with Gasteiger partial charge >= 0.3 is 5.97 Å². The first-order valence-corrected chi connectivity index (χ1v) is 5.79. The average molecular weight is 267 g/mol. The highest BCUT2D eigenvalue weighted by Gasteiger charge is 2.23. The third-order valence-electron chi connectivity index (χ3n) is 2.67. The minimum atomic E-state index is -1.08. The Bertz CT molecular complexity index is 450. The van der Waals surface area contributed by atoms with Gasteiger partial charge in [0.25, 0.3) is 5.91 Å². The second kappa shape index (κ2) is 6.63. The van der Waals surface area contributed by atoms with Gasteiger partial charge in [0.1, 0.15) is 23.1 Å². The minimum Gasteiger partial charge on any atom is -0.496 e. The van der Waals surface area contributed by atoms with E-state index in [9.17, 15) is 9.59 Å². The number of rotatable bonds is 6. The van der Waals surface area contributed by atoms with Gasteiger partial charge in [0.2, 0.25) is 0 Å². The zero-order chi connectivity index (χ0) is 14.4. The number of hydrogen-bond acceptors (Lipinski definition) is 4. The fourth-order valence-electron chi connectivity index (χ4n) is 1.64. The summed E-state index contributed by atoms with van der Waals surface area (Å²) in [5, 5.41) is 11.4. The number of ether oxygens (including phenoxy) is 2. The number of benzene rings is 1. The van der Waals surface area contributed by atoms with E-state index in [4.69, 9.17) is 14.6 Å². The first kappa shape index (κ1) is 14.8. The number of nitrogens with one attached hydrogen (secondary N) is 1. The van der Waals surface area contributed by atoms with Gasteiger partial charge in [-0.2, -0.15) is 0 Å². The molecule has 1 rings (SSSR count). The van der Waals surface area contributed by atoms with E-state index in [1.807, 2.05) is 0 Å². The number of carbonyl (C=O) groups is 2. The molecule has 1 atom stereocenters. The maximum absolute atomic E-state index is 12.1. The summed E-state index contributed by atoms with van der Waals surface area (Å²) in [6, 6.07) is 3.96. The molecule has 0 spiro atoms. The molecule has 1 amide bonds. The summed E-state index contributed by atoms with van der Waals surface area (Å²) < 4.78 is 10.2. The molecule has 1 aromatic rings. The Labute approximate surface area is 111 Å². The number of aliphatic carboxylic acids is 1. The van der Waals surface area contributed by atoms with E-state index in [-0.39, 0.29) is 5.56 Å². The molecule has 104 valence electrons. The predicted molar refractivity (Wildman–Crippen MR) is 68.7 cm³/mol. The van der Waals surface area contributed by atoms with Gasteiger partial charge in [-0.3, -0.25) is 4.79 Å². The summed E-state index contributed by atoms with van der Waals surface area (Å²) in [6.45, 7) is 1.68. The van der Waals surface area contributed by atoms with Gasteiger partial charge in [-0.1, -0.05) is 13.0 Å². The van der Waals surface area contributed by atoms with Gasteiger partial charge in [-0.05, 0) is 18.6 Å². The monoisotopic (exact) mass is 267 g/mol. The molecule has 0 saturated heterocycles. The molecule has 0 aliphatic carbocycles. The lowest BCUT2D eigenvalue weighted by atomic mass is 10.1. The van der Waals surface area contributed by atoms with Crippen LogP contribution in [0, 0.1) is 0 Å². The summed E-state index contributed by atoms with van der Waals surface area (Å²) in [5.74, 6) is -0.956. The number of carboxylic acid groups (broad SMARTS) is 1. The summed E-state index contributed by atoms with van der Waals surface area (Å²) in [7, 11) is 2.86. The number of hydrogen-bond donors (Lipinski definition) is 2. The van der Waals surface area contributed by atoms with Crippen molar-refractivity contribution in [1.29, 1.82) is 0 Å². The van der Waals surface area contributed by atoms with E-state index in [1.165, 1.54) is 14.2 Å². The van der Waals surface area contributed by atoms with Gasteiger partial charge < -0.3 is 19.9 Å². The minimum absolute atomic E-state index is 0.187. The summed E-state index contributed by atoms with van der Waals surface area (Å²) >= 11 is 0. The second-order valence-corrected chi connectivity index (χ2v) is 3.81. The lowest BCUT2D eigenvalue weighted by Gasteiger charge is -2.16. The highest BCUT2D eigenvalue weighted by molar-refractivity contribution is 6.01. The zero-order valence-electron chi connectivity index (χ0n) is 11.1. The molecule has 0 aliphatic heterocycles. The van der Waals surface area contributed by atoms with Crippen molar-refractivity contribution in [2.75, 3.05) is 14.2 Å². The van der Waals surface area contributed by atoms with Crippen LogP contribution >= 0.6 is 0 Å². The van der Waals surface area contributed by atoms with Gasteiger partial charge in [0.05, 0.1) is 14.2 Å². The number of carboxylic acids is 1. The van der Waals surface area contributed by atoms with Crippen LogP contribution in [0.25, 0.3) is 0 Å². The fourth-order valence-corrected chi connectivity index (χ4v) is 1.64. The Morgan fingerprint density at radius 1 is 1.26 bits per heavy atom. The molecule has 0 saturated carbocycles. The van der Waals surface area contributed by atoms with Crippen LogP contribution in [-0.2, 0) is 4.79 Å². The topological polar surface area (TPSA) is 84.9 Å². The highest BCUT2D eigenvalue weighted by atomic mass is 16.5. The molecule has 6 heteroatoms. The van der Waals surface area contributed by atoms with Crippen molar-refractivity contribution < 1.29 is 24.2 Å². The van der Waals surface area contributed by atoms with Crippen LogP contribution < -0.4 is 14.8 Å². The van der Waals surface area contributed by atoms with Crippen molar-refractivity contribution in [1.82, 2.24) is 5.32 Å². The molecule has 1 aromatic carbocycles. The molecular formula is C13H17NO5. The van der Waals surface area contributed by atoms with Crippen molar-refractivity contribution in [3.63, 3.8) is 0 Å². The maximum atomic E-state index is 12.1. The third kappa shape index (κ3) is 3.37. The van der Waals surface area contributed by atoms with Crippen molar-refractivity contribution in [2.24, 2.45) is 0 Å². The van der Waals surface area contributed by atoms with E-state index in [0.29, 0.717) is 17.9 Å². The molecule has 0 heterocycles. The van der Waals surface area contributed by atoms with Crippen LogP contribution in [0.5, 0.6) is 11.5 Å². The zero-order valence-corrected chi connectivity index (χ0v) is 11.1. The fraction of sp³-hybridized carbons (Fsp3) is 0.385. The Kier molecular flexibility index (Phi) is 5.17. The van der Waals surface area contributed by atoms with Crippen molar-refractivity contribution >= 4 is 11.9 Å². The number of amides is 1. The van der Waals surface area contributed by atoms with Crippen LogP contribution in [-0.4, -0.2) is 37.2 Å². The molecular weight excluding hydrogens is 250 g/mol. The predicted octanol–water partition coefficient (Wildman–Crippen LogP) is 1.30. The van der Waals surface area contributed by atoms with Crippen LogP contribution in [0.2, 0.25) is 0 Å². The molecule has 0 unspecified atom stereocenters. The molecule has 0 aromatic heterocycles. The normalized spacial score (nSPS) is 11.5. The summed E-state index contributed by atoms with van der Waals surface area (Å²) in [6.07, 6.45) is 0.290. The first-order valence-electron chi connectivity index (χ1n) is 5.79. The van der Waals surface area contributed by atoms with Gasteiger partial charge in [0, 0.05) is 0 Å². The molecule has 0 fully saturated rings. The van der Waals surface area contributed by atoms with E-state index < -0.39 is 17.9 Å². The Morgan fingerprint density at radius 2 is 1.79 bits per heavy atom. The van der Waals surface area contributed by atoms with Crippen molar-refractivity contribution in [3.05, 3.63) is 23.8 Å². The average Bonchev–Trinajstić information content (AvgIpc) is 2.42. The third-order valence-corrected chi connectivity index (χ3v) is 2.67. The summed E-state index contributed by atoms with van der Waals surface area (Å²) in [4.78, 5) is 23.1. The molecule has 2 N–H and O–H groups in total. The number of carbonyl (C=O) groups excluding carboxylic acids is 1. The summed E-state index contributed by atoms with van der Waals surface area (Å²) in [5.41, 5.74) is 0.187. The molecule has 19 heavy (non-hydrogen) atoms. The van der Waals surface area contributed by atoms with E-state index in [0.717, 1.165) is 0 Å². The van der Waals surface area contributed by atoms with E-state index >= 15 is 0 Å². The van der Waals surface area contributed by atoms with Crippen LogP contribution in [0.4, 0.5) is 0 Å². The van der Waals surface area contributed by atoms with Crippen molar-refractivity contribution in [2.45, 2.75) is 19.4 Å². The first-order chi connectivity index (χ1) is 9.04. The second-order valence-electron chi connectivity index (χ2n) is 3.81. The van der Waals surface area contributed by atoms with Gasteiger partial charge in [0.15, 0.2) is 0 Å². The smallest absolute Gasteiger partial charge is 0.326 e. The van der Waals surface area contributed by atoms with Crippen LogP contribution in [0.3, 0.4) is 0 Å². The Hall–Kier alpha value is -2.24. The van der Waals surface area contributed by atoms with Gasteiger partial charge in [-0.25, -0.2) is 4.79 Å².